The molecule has 4 unspecified atom stereocenters. The molecule has 0 spiro atoms. The molecule has 316 valence electrons. The van der Waals surface area contributed by atoms with Gasteiger partial charge in [0, 0.05) is 0 Å². The van der Waals surface area contributed by atoms with E-state index in [4.69, 9.17) is 0 Å². The molecule has 0 bridgehead atoms. The van der Waals surface area contributed by atoms with Gasteiger partial charge in [-0.3, -0.25) is 4.79 Å². The van der Waals surface area contributed by atoms with Gasteiger partial charge in [-0.15, -0.1) is 0 Å². The van der Waals surface area contributed by atoms with E-state index in [1.807, 2.05) is 0 Å². The van der Waals surface area contributed by atoms with Gasteiger partial charge in [0.2, 0.25) is 5.91 Å². The molecule has 0 fully saturated rings. The number of allylic oxidation sites excluding steroid dienone is 2. The van der Waals surface area contributed by atoms with Crippen molar-refractivity contribution in [2.75, 3.05) is 6.61 Å². The zero-order valence-corrected chi connectivity index (χ0v) is 35.5. The average molecular weight is 752 g/mol. The zero-order chi connectivity index (χ0) is 38.9. The van der Waals surface area contributed by atoms with Gasteiger partial charge in [-0.05, 0) is 38.5 Å². The lowest BCUT2D eigenvalue weighted by molar-refractivity contribution is -0.132. The number of hydrogen-bond donors (Lipinski definition) is 5. The number of amides is 1. The molecule has 0 saturated carbocycles. The predicted octanol–water partition coefficient (Wildman–Crippen LogP) is 12.6. The van der Waals surface area contributed by atoms with Crippen molar-refractivity contribution < 1.29 is 25.2 Å². The highest BCUT2D eigenvalue weighted by molar-refractivity contribution is 5.80. The van der Waals surface area contributed by atoms with Crippen LogP contribution in [0.2, 0.25) is 0 Å². The Balaban J connectivity index is 3.70. The first kappa shape index (κ1) is 52.0. The van der Waals surface area contributed by atoms with E-state index in [1.54, 1.807) is 0 Å². The minimum atomic E-state index is -1.26. The Morgan fingerprint density at radius 2 is 0.755 bits per heavy atom. The van der Waals surface area contributed by atoms with Crippen molar-refractivity contribution >= 4 is 5.91 Å². The van der Waals surface area contributed by atoms with Crippen molar-refractivity contribution in [1.82, 2.24) is 5.32 Å². The molecule has 0 aromatic heterocycles. The van der Waals surface area contributed by atoms with Crippen LogP contribution in [-0.4, -0.2) is 57.3 Å². The molecule has 0 aromatic carbocycles. The third kappa shape index (κ3) is 36.4. The largest absolute Gasteiger partial charge is 0.394 e. The Labute approximate surface area is 330 Å². The minimum absolute atomic E-state index is 0.365. The summed E-state index contributed by atoms with van der Waals surface area (Å²) in [6.45, 7) is 4.07. The lowest BCUT2D eigenvalue weighted by atomic mass is 9.99. The quantitative estimate of drug-likeness (QED) is 0.0315. The van der Waals surface area contributed by atoms with Crippen LogP contribution in [-0.2, 0) is 4.79 Å². The molecule has 6 heteroatoms. The molecule has 0 rings (SSSR count). The lowest BCUT2D eigenvalue weighted by Gasteiger charge is -2.27. The highest BCUT2D eigenvalue weighted by Gasteiger charge is 2.28. The van der Waals surface area contributed by atoms with Gasteiger partial charge in [0.05, 0.1) is 18.8 Å². The molecule has 0 radical (unpaired) electrons. The number of hydrogen-bond acceptors (Lipinski definition) is 5. The molecule has 0 saturated heterocycles. The van der Waals surface area contributed by atoms with Gasteiger partial charge in [0.1, 0.15) is 12.2 Å². The summed E-state index contributed by atoms with van der Waals surface area (Å²) < 4.78 is 0. The molecule has 6 nitrogen and oxygen atoms in total. The van der Waals surface area contributed by atoms with Gasteiger partial charge in [0.15, 0.2) is 0 Å². The van der Waals surface area contributed by atoms with Crippen molar-refractivity contribution in [1.29, 1.82) is 0 Å². The Morgan fingerprint density at radius 3 is 1.09 bits per heavy atom. The number of aliphatic hydroxyl groups excluding tert-OH is 4. The van der Waals surface area contributed by atoms with Crippen LogP contribution < -0.4 is 5.32 Å². The molecule has 0 aromatic rings. The Kier molecular flexibility index (Phi) is 41.4. The van der Waals surface area contributed by atoms with Crippen LogP contribution in [0.3, 0.4) is 0 Å². The fourth-order valence-corrected chi connectivity index (χ4v) is 7.46. The number of nitrogens with one attached hydrogen (secondary N) is 1. The highest BCUT2D eigenvalue weighted by Crippen LogP contribution is 2.17. The summed E-state index contributed by atoms with van der Waals surface area (Å²) in [5.74, 6) is -0.585. The van der Waals surface area contributed by atoms with Gasteiger partial charge in [-0.25, -0.2) is 0 Å². The zero-order valence-electron chi connectivity index (χ0n) is 35.5. The predicted molar refractivity (Wildman–Crippen MR) is 228 cm³/mol. The minimum Gasteiger partial charge on any atom is -0.394 e. The van der Waals surface area contributed by atoms with Crippen molar-refractivity contribution in [2.24, 2.45) is 0 Å². The van der Waals surface area contributed by atoms with Crippen molar-refractivity contribution in [3.63, 3.8) is 0 Å². The summed E-state index contributed by atoms with van der Waals surface area (Å²) in [5, 5.41) is 43.8. The van der Waals surface area contributed by atoms with Crippen LogP contribution in [0.5, 0.6) is 0 Å². The third-order valence-electron chi connectivity index (χ3n) is 11.2. The monoisotopic (exact) mass is 752 g/mol. The number of carbonyl (C=O) groups excluding carboxylic acids is 1. The van der Waals surface area contributed by atoms with E-state index in [0.717, 1.165) is 44.9 Å². The van der Waals surface area contributed by atoms with E-state index >= 15 is 0 Å². The van der Waals surface area contributed by atoms with Crippen molar-refractivity contribution in [3.8, 4) is 0 Å². The molecule has 53 heavy (non-hydrogen) atoms. The second-order valence-electron chi connectivity index (χ2n) is 16.5. The van der Waals surface area contributed by atoms with Crippen molar-refractivity contribution in [2.45, 2.75) is 276 Å². The van der Waals surface area contributed by atoms with Gasteiger partial charge in [0.25, 0.3) is 0 Å². The van der Waals surface area contributed by atoms with Crippen LogP contribution in [0, 0.1) is 0 Å². The van der Waals surface area contributed by atoms with Gasteiger partial charge < -0.3 is 25.7 Å². The van der Waals surface area contributed by atoms with Gasteiger partial charge >= 0.3 is 0 Å². The second-order valence-corrected chi connectivity index (χ2v) is 16.5. The first-order chi connectivity index (χ1) is 26.0. The van der Waals surface area contributed by atoms with E-state index in [-0.39, 0.29) is 0 Å². The molecule has 5 N–H and O–H groups in total. The Bertz CT molecular complexity index is 761. The molecular formula is C47H93NO5. The SMILES string of the molecule is CCCCCCCCCCCCC/C=C\CCCCCCCCC(O)C(=O)NC(CO)C(O)C(O)CCCCCCCCCCCCCCCCCC. The van der Waals surface area contributed by atoms with Crippen LogP contribution in [0.25, 0.3) is 0 Å². The van der Waals surface area contributed by atoms with E-state index in [0.29, 0.717) is 12.8 Å². The molecular weight excluding hydrogens is 659 g/mol. The first-order valence-electron chi connectivity index (χ1n) is 23.6. The molecule has 4 atom stereocenters. The molecule has 0 aliphatic carbocycles. The number of aliphatic hydroxyl groups is 4. The van der Waals surface area contributed by atoms with E-state index in [2.05, 4.69) is 31.3 Å². The maximum Gasteiger partial charge on any atom is 0.249 e. The van der Waals surface area contributed by atoms with Crippen LogP contribution in [0.15, 0.2) is 12.2 Å². The van der Waals surface area contributed by atoms with Crippen molar-refractivity contribution in [3.05, 3.63) is 12.2 Å². The summed E-state index contributed by atoms with van der Waals surface area (Å²) in [5.41, 5.74) is 0. The van der Waals surface area contributed by atoms with Gasteiger partial charge in [-0.1, -0.05) is 225 Å². The molecule has 0 aliphatic rings. The average Bonchev–Trinajstić information content (AvgIpc) is 3.16. The molecule has 0 heterocycles. The maximum absolute atomic E-state index is 12.5. The smallest absolute Gasteiger partial charge is 0.249 e. The summed E-state index contributed by atoms with van der Waals surface area (Å²) in [4.78, 5) is 12.5. The van der Waals surface area contributed by atoms with E-state index in [1.165, 1.54) is 180 Å². The standard InChI is InChI=1S/C47H93NO5/c1-3-5-7-9-11-13-15-17-19-21-22-23-24-25-27-29-31-33-35-37-39-41-45(51)47(53)48-43(42-49)46(52)44(50)40-38-36-34-32-30-28-26-20-18-16-14-12-10-8-6-4-2/h24-25,43-46,49-52H,3-23,26-42H2,1-2H3,(H,48,53)/b25-24-. The number of rotatable bonds is 43. The summed E-state index contributed by atoms with van der Waals surface area (Å²) >= 11 is 0. The summed E-state index contributed by atoms with van der Waals surface area (Å²) in [7, 11) is 0. The van der Waals surface area contributed by atoms with E-state index in [9.17, 15) is 25.2 Å². The fraction of sp³-hybridized carbons (Fsp3) is 0.936. The highest BCUT2D eigenvalue weighted by atomic mass is 16.3. The molecule has 1 amide bonds. The second kappa shape index (κ2) is 42.2. The normalized spacial score (nSPS) is 14.2. The molecule has 0 aliphatic heterocycles. The summed E-state index contributed by atoms with van der Waals surface area (Å²) in [6.07, 6.45) is 46.7. The first-order valence-corrected chi connectivity index (χ1v) is 23.6. The maximum atomic E-state index is 12.5. The van der Waals surface area contributed by atoms with Gasteiger partial charge in [-0.2, -0.15) is 0 Å². The topological polar surface area (TPSA) is 110 Å². The fourth-order valence-electron chi connectivity index (χ4n) is 7.46. The Hall–Kier alpha value is -0.950. The lowest BCUT2D eigenvalue weighted by Crippen LogP contribution is -2.53. The summed E-state index contributed by atoms with van der Waals surface area (Å²) in [6, 6.07) is -0.984. The number of unbranched alkanes of at least 4 members (excludes halogenated alkanes) is 32. The van der Waals surface area contributed by atoms with Crippen LogP contribution in [0.1, 0.15) is 251 Å². The van der Waals surface area contributed by atoms with Crippen LogP contribution in [0.4, 0.5) is 0 Å². The third-order valence-corrected chi connectivity index (χ3v) is 11.2. The Morgan fingerprint density at radius 1 is 0.453 bits per heavy atom. The van der Waals surface area contributed by atoms with E-state index < -0.39 is 36.9 Å². The number of carbonyl (C=O) groups is 1. The van der Waals surface area contributed by atoms with Crippen LogP contribution >= 0.6 is 0 Å².